The van der Waals surface area contributed by atoms with Crippen molar-refractivity contribution in [3.8, 4) is 17.2 Å². The first-order valence-electron chi connectivity index (χ1n) is 12.2. The number of methoxy groups -OCH3 is 2. The van der Waals surface area contributed by atoms with Crippen molar-refractivity contribution >= 4 is 39.3 Å². The molecule has 1 aliphatic heterocycles. The van der Waals surface area contributed by atoms with Gasteiger partial charge in [0.1, 0.15) is 18.4 Å². The van der Waals surface area contributed by atoms with E-state index in [9.17, 15) is 9.59 Å². The number of allylic oxidation sites excluding steroid dienone is 1. The number of carbonyl (C=O) groups excluding carboxylic acids is 1. The maximum absolute atomic E-state index is 13.9. The average Bonchev–Trinajstić information content (AvgIpc) is 3.20. The molecule has 0 amide bonds. The number of nitrogens with zero attached hydrogens (tertiary/aromatic N) is 2. The van der Waals surface area contributed by atoms with E-state index in [1.165, 1.54) is 15.9 Å². The summed E-state index contributed by atoms with van der Waals surface area (Å²) in [5.74, 6) is 1.10. The van der Waals surface area contributed by atoms with Gasteiger partial charge in [0.25, 0.3) is 5.56 Å². The highest BCUT2D eigenvalue weighted by Crippen LogP contribution is 2.37. The van der Waals surface area contributed by atoms with Gasteiger partial charge in [0, 0.05) is 10.0 Å². The summed E-state index contributed by atoms with van der Waals surface area (Å²) in [4.78, 5) is 32.4. The molecule has 39 heavy (non-hydrogen) atoms. The third-order valence-corrected chi connectivity index (χ3v) is 7.39. The second-order valence-electron chi connectivity index (χ2n) is 8.93. The molecule has 0 radical (unpaired) electrons. The fraction of sp³-hybridized carbons (Fsp3) is 0.276. The SMILES string of the molecule is C=CCOc1ccc(/C=c2\sc3n(c2=O)[C@H](c2cc(Br)ccc2OC)C(C(=O)OC(C)C)=C(C)N=3)cc1OC. The number of benzene rings is 2. The van der Waals surface area contributed by atoms with Gasteiger partial charge in [-0.05, 0) is 62.7 Å². The molecule has 8 nitrogen and oxygen atoms in total. The molecular weight excluding hydrogens is 584 g/mol. The van der Waals surface area contributed by atoms with E-state index in [-0.39, 0.29) is 17.2 Å². The molecule has 2 aromatic carbocycles. The number of fused-ring (bicyclic) bond motifs is 1. The molecule has 204 valence electrons. The van der Waals surface area contributed by atoms with E-state index < -0.39 is 12.0 Å². The summed E-state index contributed by atoms with van der Waals surface area (Å²) in [5.41, 5.74) is 1.85. The van der Waals surface area contributed by atoms with Crippen LogP contribution in [-0.4, -0.2) is 37.5 Å². The van der Waals surface area contributed by atoms with E-state index in [2.05, 4.69) is 27.5 Å². The number of hydrogen-bond acceptors (Lipinski definition) is 8. The highest BCUT2D eigenvalue weighted by Gasteiger charge is 2.35. The molecule has 1 aromatic heterocycles. The molecule has 1 aliphatic rings. The summed E-state index contributed by atoms with van der Waals surface area (Å²) < 4.78 is 25.1. The summed E-state index contributed by atoms with van der Waals surface area (Å²) in [7, 11) is 3.11. The number of ether oxygens (including phenoxy) is 4. The minimum atomic E-state index is -0.800. The molecule has 0 saturated heterocycles. The zero-order chi connectivity index (χ0) is 28.3. The third kappa shape index (κ3) is 5.86. The largest absolute Gasteiger partial charge is 0.496 e. The van der Waals surface area contributed by atoms with Crippen molar-refractivity contribution in [2.24, 2.45) is 4.99 Å². The molecule has 0 unspecified atom stereocenters. The zero-order valence-electron chi connectivity index (χ0n) is 22.3. The fourth-order valence-electron chi connectivity index (χ4n) is 4.27. The van der Waals surface area contributed by atoms with Crippen molar-refractivity contribution in [2.75, 3.05) is 20.8 Å². The summed E-state index contributed by atoms with van der Waals surface area (Å²) in [6.45, 7) is 9.31. The van der Waals surface area contributed by atoms with Crippen LogP contribution in [0.25, 0.3) is 6.08 Å². The van der Waals surface area contributed by atoms with Crippen LogP contribution in [0.1, 0.15) is 37.9 Å². The molecule has 0 spiro atoms. The van der Waals surface area contributed by atoms with E-state index >= 15 is 0 Å². The van der Waals surface area contributed by atoms with Crippen LogP contribution in [0, 0.1) is 0 Å². The Balaban J connectivity index is 1.93. The van der Waals surface area contributed by atoms with Gasteiger partial charge in [0.05, 0.1) is 36.1 Å². The van der Waals surface area contributed by atoms with Gasteiger partial charge in [-0.3, -0.25) is 9.36 Å². The van der Waals surface area contributed by atoms with Gasteiger partial charge in [0.2, 0.25) is 0 Å². The lowest BCUT2D eigenvalue weighted by Gasteiger charge is -2.26. The van der Waals surface area contributed by atoms with Crippen LogP contribution < -0.4 is 29.1 Å². The zero-order valence-corrected chi connectivity index (χ0v) is 24.7. The predicted octanol–water partition coefficient (Wildman–Crippen LogP) is 4.53. The van der Waals surface area contributed by atoms with Crippen LogP contribution in [-0.2, 0) is 9.53 Å². The Labute approximate surface area is 238 Å². The minimum Gasteiger partial charge on any atom is -0.496 e. The maximum Gasteiger partial charge on any atom is 0.338 e. The van der Waals surface area contributed by atoms with E-state index in [1.54, 1.807) is 65.3 Å². The van der Waals surface area contributed by atoms with Crippen molar-refractivity contribution < 1.29 is 23.7 Å². The van der Waals surface area contributed by atoms with Crippen molar-refractivity contribution in [1.29, 1.82) is 0 Å². The van der Waals surface area contributed by atoms with Gasteiger partial charge in [-0.15, -0.1) is 0 Å². The Morgan fingerprint density at radius 3 is 2.54 bits per heavy atom. The summed E-state index contributed by atoms with van der Waals surface area (Å²) in [5, 5.41) is 0. The molecule has 3 aromatic rings. The molecular formula is C29H29BrN2O6S. The van der Waals surface area contributed by atoms with Crippen LogP contribution in [0.3, 0.4) is 0 Å². The van der Waals surface area contributed by atoms with Gasteiger partial charge < -0.3 is 18.9 Å². The lowest BCUT2D eigenvalue weighted by molar-refractivity contribution is -0.143. The first-order chi connectivity index (χ1) is 18.7. The Hall–Kier alpha value is -3.63. The summed E-state index contributed by atoms with van der Waals surface area (Å²) in [6, 6.07) is 10.1. The lowest BCUT2D eigenvalue weighted by Crippen LogP contribution is -2.40. The Morgan fingerprint density at radius 1 is 1.15 bits per heavy atom. The quantitative estimate of drug-likeness (QED) is 0.261. The van der Waals surface area contributed by atoms with Crippen molar-refractivity contribution in [3.05, 3.63) is 95.6 Å². The average molecular weight is 614 g/mol. The Bertz CT molecular complexity index is 1640. The number of thiazole rings is 1. The number of carbonyl (C=O) groups is 1. The van der Waals surface area contributed by atoms with Crippen molar-refractivity contribution in [3.63, 3.8) is 0 Å². The normalized spacial score (nSPS) is 15.1. The van der Waals surface area contributed by atoms with Crippen LogP contribution in [0.4, 0.5) is 0 Å². The first kappa shape index (κ1) is 28.4. The van der Waals surface area contributed by atoms with Crippen LogP contribution in [0.5, 0.6) is 17.2 Å². The van der Waals surface area contributed by atoms with Crippen LogP contribution >= 0.6 is 27.3 Å². The number of hydrogen-bond donors (Lipinski definition) is 0. The number of aromatic nitrogens is 1. The monoisotopic (exact) mass is 612 g/mol. The second kappa shape index (κ2) is 12.0. The van der Waals surface area contributed by atoms with E-state index in [0.29, 0.717) is 44.4 Å². The van der Waals surface area contributed by atoms with E-state index in [4.69, 9.17) is 18.9 Å². The van der Waals surface area contributed by atoms with Gasteiger partial charge in [-0.25, -0.2) is 9.79 Å². The molecule has 1 atom stereocenters. The molecule has 0 bridgehead atoms. The van der Waals surface area contributed by atoms with Crippen molar-refractivity contribution in [1.82, 2.24) is 4.57 Å². The topological polar surface area (TPSA) is 88.4 Å². The fourth-order valence-corrected chi connectivity index (χ4v) is 5.69. The van der Waals surface area contributed by atoms with Gasteiger partial charge in [-0.1, -0.05) is 46.0 Å². The molecule has 0 aliphatic carbocycles. The number of esters is 1. The van der Waals surface area contributed by atoms with E-state index in [1.807, 2.05) is 18.2 Å². The Kier molecular flexibility index (Phi) is 8.76. The molecule has 0 saturated carbocycles. The second-order valence-corrected chi connectivity index (χ2v) is 10.9. The number of halogens is 1. The highest BCUT2D eigenvalue weighted by molar-refractivity contribution is 9.10. The smallest absolute Gasteiger partial charge is 0.338 e. The maximum atomic E-state index is 13.9. The molecule has 2 heterocycles. The van der Waals surface area contributed by atoms with Gasteiger partial charge in [0.15, 0.2) is 16.3 Å². The molecule has 0 fully saturated rings. The summed E-state index contributed by atoms with van der Waals surface area (Å²) >= 11 is 4.76. The highest BCUT2D eigenvalue weighted by atomic mass is 79.9. The number of rotatable bonds is 9. The van der Waals surface area contributed by atoms with Gasteiger partial charge in [-0.2, -0.15) is 0 Å². The molecule has 4 rings (SSSR count). The van der Waals surface area contributed by atoms with Crippen LogP contribution in [0.15, 0.2) is 74.6 Å². The third-order valence-electron chi connectivity index (χ3n) is 5.91. The molecule has 0 N–H and O–H groups in total. The van der Waals surface area contributed by atoms with Crippen molar-refractivity contribution in [2.45, 2.75) is 32.9 Å². The standard InChI is InChI=1S/C29H29BrN2O6S/c1-7-12-37-22-10-8-18(13-23(22)36-6)14-24-27(33)32-26(20-15-19(30)9-11-21(20)35-5)25(28(34)38-16(2)3)17(4)31-29(32)39-24/h7-11,13-16,26H,1,12H2,2-6H3/b24-14-/t26-/m1/s1. The summed E-state index contributed by atoms with van der Waals surface area (Å²) in [6.07, 6.45) is 3.07. The Morgan fingerprint density at radius 2 is 1.87 bits per heavy atom. The van der Waals surface area contributed by atoms with Crippen LogP contribution in [0.2, 0.25) is 0 Å². The molecule has 10 heteroatoms. The van der Waals surface area contributed by atoms with E-state index in [0.717, 1.165) is 10.0 Å². The van der Waals surface area contributed by atoms with Gasteiger partial charge >= 0.3 is 5.97 Å². The lowest BCUT2D eigenvalue weighted by atomic mass is 9.95. The first-order valence-corrected chi connectivity index (χ1v) is 13.8. The minimum absolute atomic E-state index is 0.282. The predicted molar refractivity (Wildman–Crippen MR) is 154 cm³/mol.